The van der Waals surface area contributed by atoms with Crippen LogP contribution in [0.3, 0.4) is 0 Å². The minimum atomic E-state index is -3.72. The van der Waals surface area contributed by atoms with E-state index in [9.17, 15) is 13.2 Å². The molecule has 0 spiro atoms. The molecule has 5 aromatic rings. The number of carbonyl (C=O) groups is 1. The van der Waals surface area contributed by atoms with Crippen LogP contribution in [0.5, 0.6) is 0 Å². The van der Waals surface area contributed by atoms with Gasteiger partial charge in [-0.25, -0.2) is 13.4 Å². The molecule has 8 heteroatoms. The van der Waals surface area contributed by atoms with Crippen LogP contribution >= 0.6 is 11.3 Å². The maximum absolute atomic E-state index is 13.7. The van der Waals surface area contributed by atoms with E-state index < -0.39 is 10.0 Å². The Kier molecular flexibility index (Phi) is 7.14. The first kappa shape index (κ1) is 24.8. The highest BCUT2D eigenvalue weighted by atomic mass is 32.2. The first-order chi connectivity index (χ1) is 17.9. The van der Waals surface area contributed by atoms with Crippen molar-refractivity contribution in [2.75, 3.05) is 11.9 Å². The van der Waals surface area contributed by atoms with Crippen LogP contribution in [0, 0.1) is 0 Å². The Labute approximate surface area is 220 Å². The van der Waals surface area contributed by atoms with Crippen molar-refractivity contribution in [1.29, 1.82) is 0 Å². The third kappa shape index (κ3) is 5.46. The summed E-state index contributed by atoms with van der Waals surface area (Å²) < 4.78 is 28.6. The van der Waals surface area contributed by atoms with Gasteiger partial charge in [-0.15, -0.1) is 0 Å². The smallest absolute Gasteiger partial charge is 0.260 e. The Morgan fingerprint density at radius 2 is 1.32 bits per heavy atom. The van der Waals surface area contributed by atoms with Crippen molar-refractivity contribution in [2.45, 2.75) is 18.0 Å². The number of amides is 1. The molecule has 37 heavy (non-hydrogen) atoms. The molecule has 0 radical (unpaired) electrons. The minimum absolute atomic E-state index is 0.136. The van der Waals surface area contributed by atoms with E-state index in [2.05, 4.69) is 0 Å². The predicted molar refractivity (Wildman–Crippen MR) is 148 cm³/mol. The van der Waals surface area contributed by atoms with E-state index in [-0.39, 0.29) is 17.3 Å². The first-order valence-corrected chi connectivity index (χ1v) is 14.0. The molecule has 0 aliphatic heterocycles. The summed E-state index contributed by atoms with van der Waals surface area (Å²) in [5.41, 5.74) is 3.08. The van der Waals surface area contributed by atoms with Gasteiger partial charge < -0.3 is 0 Å². The topological polar surface area (TPSA) is 70.6 Å². The van der Waals surface area contributed by atoms with Crippen molar-refractivity contribution in [2.24, 2.45) is 0 Å². The fourth-order valence-corrected chi connectivity index (χ4v) is 6.12. The van der Waals surface area contributed by atoms with Gasteiger partial charge in [0, 0.05) is 19.2 Å². The van der Waals surface area contributed by atoms with Crippen LogP contribution in [0.25, 0.3) is 10.2 Å². The number of para-hydroxylation sites is 1. The van der Waals surface area contributed by atoms with Crippen LogP contribution in [0.1, 0.15) is 21.5 Å². The third-order valence-electron chi connectivity index (χ3n) is 6.00. The summed E-state index contributed by atoms with van der Waals surface area (Å²) in [6.45, 7) is 0.603. The van der Waals surface area contributed by atoms with Gasteiger partial charge in [0.1, 0.15) is 0 Å². The predicted octanol–water partition coefficient (Wildman–Crippen LogP) is 5.96. The van der Waals surface area contributed by atoms with Gasteiger partial charge >= 0.3 is 0 Å². The molecule has 0 saturated heterocycles. The monoisotopic (exact) mass is 527 g/mol. The molecular weight excluding hydrogens is 502 g/mol. The zero-order chi connectivity index (χ0) is 25.8. The molecule has 6 nitrogen and oxygen atoms in total. The molecule has 0 unspecified atom stereocenters. The van der Waals surface area contributed by atoms with Gasteiger partial charge in [0.25, 0.3) is 5.91 Å². The molecule has 0 saturated carbocycles. The second kappa shape index (κ2) is 10.6. The van der Waals surface area contributed by atoms with Gasteiger partial charge in [0.05, 0.1) is 21.7 Å². The maximum atomic E-state index is 13.7. The van der Waals surface area contributed by atoms with Gasteiger partial charge in [-0.2, -0.15) is 4.31 Å². The number of thiazole rings is 1. The number of hydrogen-bond acceptors (Lipinski definition) is 5. The molecule has 0 fully saturated rings. The summed E-state index contributed by atoms with van der Waals surface area (Å²) in [4.78, 5) is 20.2. The van der Waals surface area contributed by atoms with Crippen molar-refractivity contribution in [1.82, 2.24) is 9.29 Å². The molecule has 1 aromatic heterocycles. The van der Waals surface area contributed by atoms with Gasteiger partial charge in [0.2, 0.25) is 10.0 Å². The first-order valence-electron chi connectivity index (χ1n) is 11.7. The standard InChI is InChI=1S/C29H25N3O3S2/c1-31(20-22-10-4-2-5-11-22)37(34,35)25-18-16-24(17-19-25)28(33)32(21-23-12-6-3-7-13-23)29-30-26-14-8-9-15-27(26)36-29/h2-19H,20-21H2,1H3. The zero-order valence-electron chi connectivity index (χ0n) is 20.2. The molecular formula is C29H25N3O3S2. The summed E-state index contributed by atoms with van der Waals surface area (Å²) in [6, 6.07) is 33.0. The fourth-order valence-electron chi connectivity index (χ4n) is 4.00. The van der Waals surface area contributed by atoms with E-state index in [4.69, 9.17) is 4.98 Å². The normalized spacial score (nSPS) is 11.6. The number of anilines is 1. The number of benzene rings is 4. The molecule has 0 aliphatic carbocycles. The fraction of sp³-hybridized carbons (Fsp3) is 0.103. The van der Waals surface area contributed by atoms with Crippen LogP contribution in [0.4, 0.5) is 5.13 Å². The molecule has 0 atom stereocenters. The number of nitrogens with zero attached hydrogens (tertiary/aromatic N) is 3. The van der Waals surface area contributed by atoms with Crippen molar-refractivity contribution in [3.8, 4) is 0 Å². The van der Waals surface area contributed by atoms with E-state index in [1.165, 1.54) is 27.8 Å². The molecule has 5 rings (SSSR count). The summed E-state index contributed by atoms with van der Waals surface area (Å²) in [5.74, 6) is -0.246. The van der Waals surface area contributed by atoms with Crippen molar-refractivity contribution < 1.29 is 13.2 Å². The van der Waals surface area contributed by atoms with Gasteiger partial charge in [-0.1, -0.05) is 84.1 Å². The van der Waals surface area contributed by atoms with Crippen molar-refractivity contribution in [3.05, 3.63) is 126 Å². The SMILES string of the molecule is CN(Cc1ccccc1)S(=O)(=O)c1ccc(C(=O)N(Cc2ccccc2)c2nc3ccccc3s2)cc1. The molecule has 0 N–H and O–H groups in total. The zero-order valence-corrected chi connectivity index (χ0v) is 21.8. The van der Waals surface area contributed by atoms with Gasteiger partial charge in [-0.05, 0) is 47.5 Å². The van der Waals surface area contributed by atoms with Crippen LogP contribution in [0.15, 0.2) is 114 Å². The average Bonchev–Trinajstić information content (AvgIpc) is 3.36. The highest BCUT2D eigenvalue weighted by molar-refractivity contribution is 7.89. The summed E-state index contributed by atoms with van der Waals surface area (Å²) in [6.07, 6.45) is 0. The van der Waals surface area contributed by atoms with E-state index in [0.717, 1.165) is 21.3 Å². The van der Waals surface area contributed by atoms with Gasteiger partial charge in [0.15, 0.2) is 5.13 Å². The number of fused-ring (bicyclic) bond motifs is 1. The lowest BCUT2D eigenvalue weighted by Gasteiger charge is -2.21. The Balaban J connectivity index is 1.42. The van der Waals surface area contributed by atoms with E-state index in [1.54, 1.807) is 24.1 Å². The van der Waals surface area contributed by atoms with Gasteiger partial charge in [-0.3, -0.25) is 9.69 Å². The highest BCUT2D eigenvalue weighted by Crippen LogP contribution is 2.31. The lowest BCUT2D eigenvalue weighted by Crippen LogP contribution is -2.30. The van der Waals surface area contributed by atoms with E-state index in [0.29, 0.717) is 17.2 Å². The van der Waals surface area contributed by atoms with Crippen LogP contribution in [-0.4, -0.2) is 30.7 Å². The summed E-state index contributed by atoms with van der Waals surface area (Å²) >= 11 is 1.45. The number of carbonyl (C=O) groups excluding carboxylic acids is 1. The lowest BCUT2D eigenvalue weighted by molar-refractivity contribution is 0.0985. The van der Waals surface area contributed by atoms with Crippen molar-refractivity contribution >= 4 is 42.6 Å². The molecule has 1 amide bonds. The molecule has 4 aromatic carbocycles. The molecule has 0 bridgehead atoms. The Morgan fingerprint density at radius 1 is 0.757 bits per heavy atom. The number of hydrogen-bond donors (Lipinski definition) is 0. The number of sulfonamides is 1. The van der Waals surface area contributed by atoms with Crippen molar-refractivity contribution in [3.63, 3.8) is 0 Å². The Hall–Kier alpha value is -3.85. The summed E-state index contributed by atoms with van der Waals surface area (Å²) in [5, 5.41) is 0.592. The lowest BCUT2D eigenvalue weighted by atomic mass is 10.1. The highest BCUT2D eigenvalue weighted by Gasteiger charge is 2.24. The average molecular weight is 528 g/mol. The second-order valence-electron chi connectivity index (χ2n) is 8.61. The summed E-state index contributed by atoms with van der Waals surface area (Å²) in [7, 11) is -2.17. The Morgan fingerprint density at radius 3 is 1.95 bits per heavy atom. The van der Waals surface area contributed by atoms with E-state index in [1.807, 2.05) is 84.9 Å². The number of aromatic nitrogens is 1. The second-order valence-corrected chi connectivity index (χ2v) is 11.7. The Bertz CT molecular complexity index is 1580. The number of rotatable bonds is 8. The molecule has 186 valence electrons. The maximum Gasteiger partial charge on any atom is 0.260 e. The molecule has 1 heterocycles. The third-order valence-corrected chi connectivity index (χ3v) is 8.88. The van der Waals surface area contributed by atoms with Crippen LogP contribution in [0.2, 0.25) is 0 Å². The minimum Gasteiger partial charge on any atom is -0.279 e. The van der Waals surface area contributed by atoms with Crippen LogP contribution in [-0.2, 0) is 23.1 Å². The molecule has 0 aliphatic rings. The van der Waals surface area contributed by atoms with E-state index >= 15 is 0 Å². The quantitative estimate of drug-likeness (QED) is 0.250. The van der Waals surface area contributed by atoms with Crippen LogP contribution < -0.4 is 4.90 Å². The largest absolute Gasteiger partial charge is 0.279 e.